The molecule has 0 fully saturated rings. The zero-order valence-electron chi connectivity index (χ0n) is 11.1. The lowest BCUT2D eigenvalue weighted by Crippen LogP contribution is -2.43. The van der Waals surface area contributed by atoms with E-state index in [1.54, 1.807) is 18.2 Å². The van der Waals surface area contributed by atoms with E-state index in [-0.39, 0.29) is 11.6 Å². The smallest absolute Gasteiger partial charge is 0.319 e. The monoisotopic (exact) mass is 260 g/mol. The van der Waals surface area contributed by atoms with E-state index in [2.05, 4.69) is 20.8 Å². The summed E-state index contributed by atoms with van der Waals surface area (Å²) >= 11 is 0. The normalized spacial score (nSPS) is 11.3. The summed E-state index contributed by atoms with van der Waals surface area (Å²) in [6.45, 7) is 5.69. The molecule has 2 amide bonds. The molecule has 0 unspecified atom stereocenters. The lowest BCUT2D eigenvalue weighted by Gasteiger charge is -2.20. The molecule has 0 spiro atoms. The molecular weight excluding hydrogens is 244 g/mol. The van der Waals surface area contributed by atoms with Gasteiger partial charge in [-0.3, -0.25) is 9.89 Å². The van der Waals surface area contributed by atoms with Gasteiger partial charge in [-0.15, -0.1) is 0 Å². The number of H-pyrrole nitrogens is 1. The largest absolute Gasteiger partial charge is 0.333 e. The lowest BCUT2D eigenvalue weighted by molar-refractivity contribution is 0.112. The first-order chi connectivity index (χ1) is 8.90. The number of hydrogen-bond acceptors (Lipinski definition) is 3. The molecule has 0 aliphatic heterocycles. The van der Waals surface area contributed by atoms with Crippen LogP contribution in [0.3, 0.4) is 0 Å². The maximum Gasteiger partial charge on any atom is 0.319 e. The van der Waals surface area contributed by atoms with Crippen LogP contribution in [0.15, 0.2) is 18.2 Å². The van der Waals surface area contributed by atoms with Crippen LogP contribution in [-0.4, -0.2) is 28.1 Å². The van der Waals surface area contributed by atoms with Crippen LogP contribution in [0.25, 0.3) is 10.9 Å². The summed E-state index contributed by atoms with van der Waals surface area (Å²) in [5, 5.41) is 12.9. The predicted molar refractivity (Wildman–Crippen MR) is 73.4 cm³/mol. The summed E-state index contributed by atoms with van der Waals surface area (Å²) in [5.74, 6) is 0. The third-order valence-corrected chi connectivity index (χ3v) is 2.48. The Balaban J connectivity index is 2.28. The Hall–Kier alpha value is -2.37. The number of fused-ring (bicyclic) bond motifs is 1. The Bertz CT molecular complexity index is 625. The number of amides is 2. The van der Waals surface area contributed by atoms with Crippen molar-refractivity contribution >= 4 is 28.9 Å². The third kappa shape index (κ3) is 2.90. The van der Waals surface area contributed by atoms with Crippen LogP contribution in [0.4, 0.5) is 10.5 Å². The highest BCUT2D eigenvalue weighted by Crippen LogP contribution is 2.22. The Morgan fingerprint density at radius 2 is 2.11 bits per heavy atom. The highest BCUT2D eigenvalue weighted by molar-refractivity contribution is 6.04. The number of aldehydes is 1. The minimum atomic E-state index is -0.320. The van der Waals surface area contributed by atoms with Crippen molar-refractivity contribution in [2.45, 2.75) is 26.3 Å². The van der Waals surface area contributed by atoms with Crippen LogP contribution in [0.2, 0.25) is 0 Å². The van der Waals surface area contributed by atoms with Gasteiger partial charge in [0.25, 0.3) is 0 Å². The number of para-hydroxylation sites is 1. The molecule has 1 aromatic heterocycles. The van der Waals surface area contributed by atoms with Gasteiger partial charge in [-0.25, -0.2) is 4.79 Å². The van der Waals surface area contributed by atoms with E-state index >= 15 is 0 Å². The van der Waals surface area contributed by atoms with Crippen LogP contribution in [-0.2, 0) is 0 Å². The lowest BCUT2D eigenvalue weighted by atomic mass is 10.1. The maximum absolute atomic E-state index is 11.8. The third-order valence-electron chi connectivity index (χ3n) is 2.48. The minimum Gasteiger partial charge on any atom is -0.333 e. The first-order valence-corrected chi connectivity index (χ1v) is 5.92. The van der Waals surface area contributed by atoms with Crippen LogP contribution in [0.5, 0.6) is 0 Å². The number of urea groups is 1. The molecule has 19 heavy (non-hydrogen) atoms. The van der Waals surface area contributed by atoms with Crippen molar-refractivity contribution in [3.8, 4) is 0 Å². The van der Waals surface area contributed by atoms with E-state index < -0.39 is 0 Å². The Morgan fingerprint density at radius 1 is 1.37 bits per heavy atom. The molecule has 2 rings (SSSR count). The van der Waals surface area contributed by atoms with Crippen molar-refractivity contribution in [1.29, 1.82) is 0 Å². The van der Waals surface area contributed by atoms with Gasteiger partial charge in [0.2, 0.25) is 0 Å². The Morgan fingerprint density at radius 3 is 2.74 bits per heavy atom. The average Bonchev–Trinajstić information content (AvgIpc) is 2.70. The van der Waals surface area contributed by atoms with E-state index in [4.69, 9.17) is 0 Å². The first-order valence-electron chi connectivity index (χ1n) is 5.92. The molecule has 1 heterocycles. The summed E-state index contributed by atoms with van der Waals surface area (Å²) in [6, 6.07) is 4.98. The molecule has 2 aromatic rings. The predicted octanol–water partition coefficient (Wildman–Crippen LogP) is 2.30. The number of nitrogens with one attached hydrogen (secondary N) is 3. The van der Waals surface area contributed by atoms with Gasteiger partial charge in [-0.05, 0) is 26.8 Å². The standard InChI is InChI=1S/C13H16N4O2/c1-13(2,3)15-12(19)14-9-6-4-5-8-10(7-18)16-17-11(8)9/h4-7H,1-3H3,(H,16,17)(H2,14,15,19). The second kappa shape index (κ2) is 4.72. The number of nitrogens with zero attached hydrogens (tertiary/aromatic N) is 1. The molecule has 0 bridgehead atoms. The summed E-state index contributed by atoms with van der Waals surface area (Å²) in [6.07, 6.45) is 0.678. The van der Waals surface area contributed by atoms with E-state index in [0.29, 0.717) is 28.6 Å². The number of aromatic amines is 1. The molecule has 6 nitrogen and oxygen atoms in total. The number of carbonyl (C=O) groups excluding carboxylic acids is 2. The molecule has 1 aromatic carbocycles. The molecule has 0 aliphatic rings. The van der Waals surface area contributed by atoms with Gasteiger partial charge in [0, 0.05) is 10.9 Å². The minimum absolute atomic E-state index is 0.303. The molecule has 0 radical (unpaired) electrons. The topological polar surface area (TPSA) is 86.9 Å². The SMILES string of the molecule is CC(C)(C)NC(=O)Nc1cccc2c(C=O)n[nH]c12. The molecule has 3 N–H and O–H groups in total. The molecule has 6 heteroatoms. The number of benzene rings is 1. The average molecular weight is 260 g/mol. The van der Waals surface area contributed by atoms with Crippen molar-refractivity contribution in [3.05, 3.63) is 23.9 Å². The highest BCUT2D eigenvalue weighted by Gasteiger charge is 2.15. The van der Waals surface area contributed by atoms with Crippen molar-refractivity contribution in [1.82, 2.24) is 15.5 Å². The fraction of sp³-hybridized carbons (Fsp3) is 0.308. The fourth-order valence-corrected chi connectivity index (χ4v) is 1.75. The second-order valence-electron chi connectivity index (χ2n) is 5.28. The van der Waals surface area contributed by atoms with Gasteiger partial charge in [0.1, 0.15) is 5.69 Å². The van der Waals surface area contributed by atoms with Crippen molar-refractivity contribution < 1.29 is 9.59 Å². The summed E-state index contributed by atoms with van der Waals surface area (Å²) in [5.41, 5.74) is 1.23. The Labute approximate surface area is 110 Å². The van der Waals surface area contributed by atoms with Gasteiger partial charge in [0.05, 0.1) is 11.2 Å². The van der Waals surface area contributed by atoms with Gasteiger partial charge in [-0.1, -0.05) is 12.1 Å². The van der Waals surface area contributed by atoms with Crippen LogP contribution >= 0.6 is 0 Å². The number of aromatic nitrogens is 2. The van der Waals surface area contributed by atoms with Gasteiger partial charge < -0.3 is 10.6 Å². The molecule has 0 saturated heterocycles. The second-order valence-corrected chi connectivity index (χ2v) is 5.28. The van der Waals surface area contributed by atoms with E-state index in [1.165, 1.54) is 0 Å². The fourth-order valence-electron chi connectivity index (χ4n) is 1.75. The van der Waals surface area contributed by atoms with Crippen LogP contribution in [0.1, 0.15) is 31.3 Å². The van der Waals surface area contributed by atoms with E-state index in [9.17, 15) is 9.59 Å². The van der Waals surface area contributed by atoms with Crippen molar-refractivity contribution in [2.75, 3.05) is 5.32 Å². The quantitative estimate of drug-likeness (QED) is 0.724. The van der Waals surface area contributed by atoms with Crippen molar-refractivity contribution in [3.63, 3.8) is 0 Å². The van der Waals surface area contributed by atoms with Gasteiger partial charge in [0.15, 0.2) is 6.29 Å². The van der Waals surface area contributed by atoms with Crippen molar-refractivity contribution in [2.24, 2.45) is 0 Å². The highest BCUT2D eigenvalue weighted by atomic mass is 16.2. The number of hydrogen-bond donors (Lipinski definition) is 3. The molecule has 100 valence electrons. The zero-order valence-corrected chi connectivity index (χ0v) is 11.1. The number of rotatable bonds is 2. The van der Waals surface area contributed by atoms with Crippen LogP contribution < -0.4 is 10.6 Å². The Kier molecular flexibility index (Phi) is 3.25. The van der Waals surface area contributed by atoms with Gasteiger partial charge >= 0.3 is 6.03 Å². The van der Waals surface area contributed by atoms with Crippen LogP contribution in [0, 0.1) is 0 Å². The summed E-state index contributed by atoms with van der Waals surface area (Å²) < 4.78 is 0. The summed E-state index contributed by atoms with van der Waals surface area (Å²) in [7, 11) is 0. The van der Waals surface area contributed by atoms with E-state index in [1.807, 2.05) is 20.8 Å². The maximum atomic E-state index is 11.8. The number of anilines is 1. The van der Waals surface area contributed by atoms with E-state index in [0.717, 1.165) is 0 Å². The molecule has 0 saturated carbocycles. The summed E-state index contributed by atoms with van der Waals surface area (Å²) in [4.78, 5) is 22.6. The number of carbonyl (C=O) groups is 2. The van der Waals surface area contributed by atoms with Gasteiger partial charge in [-0.2, -0.15) is 5.10 Å². The first kappa shape index (κ1) is 13.1. The zero-order chi connectivity index (χ0) is 14.0. The molecule has 0 aliphatic carbocycles. The molecular formula is C13H16N4O2. The molecule has 0 atom stereocenters.